The summed E-state index contributed by atoms with van der Waals surface area (Å²) in [5, 5.41) is 14.0. The lowest BCUT2D eigenvalue weighted by atomic mass is 9.98. The highest BCUT2D eigenvalue weighted by atomic mass is 16.5. The molecule has 0 unspecified atom stereocenters. The van der Waals surface area contributed by atoms with Crippen molar-refractivity contribution in [2.75, 3.05) is 13.2 Å². The van der Waals surface area contributed by atoms with Gasteiger partial charge in [-0.1, -0.05) is 56.3 Å². The molecule has 4 aromatic rings. The van der Waals surface area contributed by atoms with E-state index in [9.17, 15) is 4.79 Å². The van der Waals surface area contributed by atoms with Crippen LogP contribution in [0.25, 0.3) is 10.9 Å². The number of rotatable bonds is 10. The van der Waals surface area contributed by atoms with E-state index in [0.29, 0.717) is 13.1 Å². The molecule has 0 radical (unpaired) electrons. The van der Waals surface area contributed by atoms with E-state index in [1.54, 1.807) is 0 Å². The topological polar surface area (TPSA) is 88.9 Å². The number of hydrogen-bond donors (Lipinski definition) is 1. The van der Waals surface area contributed by atoms with Crippen molar-refractivity contribution in [3.8, 4) is 0 Å². The molecule has 3 heterocycles. The minimum Gasteiger partial charge on any atom is -0.376 e. The standard InChI is InChI=1S/C30H38N6O2/c1-20(2)28(29-32-33-34-36(29)19-25-11-8-16-38-25)35(15-14-23-9-6-5-7-10-23)18-24-17-26-21(3)12-13-22(4)27(26)31-30(24)37/h5-7,9-10,12-13,17,20,25,28H,8,11,14-16,18-19H2,1-4H3,(H,31,37)/t25-,28-/m0/s1. The van der Waals surface area contributed by atoms with Crippen LogP contribution in [0.2, 0.25) is 0 Å². The van der Waals surface area contributed by atoms with Gasteiger partial charge in [0.1, 0.15) is 0 Å². The molecule has 0 aliphatic carbocycles. The molecular weight excluding hydrogens is 476 g/mol. The van der Waals surface area contributed by atoms with Gasteiger partial charge in [0.25, 0.3) is 5.56 Å². The van der Waals surface area contributed by atoms with E-state index in [-0.39, 0.29) is 23.6 Å². The highest BCUT2D eigenvalue weighted by molar-refractivity contribution is 5.85. The molecule has 5 rings (SSSR count). The molecule has 38 heavy (non-hydrogen) atoms. The van der Waals surface area contributed by atoms with E-state index in [0.717, 1.165) is 65.8 Å². The Morgan fingerprint density at radius 2 is 1.92 bits per heavy atom. The number of aryl methyl sites for hydroxylation is 2. The van der Waals surface area contributed by atoms with E-state index >= 15 is 0 Å². The molecule has 0 saturated carbocycles. The van der Waals surface area contributed by atoms with Gasteiger partial charge in [-0.3, -0.25) is 9.69 Å². The number of aromatic amines is 1. The smallest absolute Gasteiger partial charge is 0.252 e. The van der Waals surface area contributed by atoms with Crippen LogP contribution >= 0.6 is 0 Å². The van der Waals surface area contributed by atoms with Crippen molar-refractivity contribution >= 4 is 10.9 Å². The monoisotopic (exact) mass is 514 g/mol. The number of nitrogens with one attached hydrogen (secondary N) is 1. The zero-order chi connectivity index (χ0) is 26.6. The van der Waals surface area contributed by atoms with Crippen LogP contribution in [0.1, 0.15) is 60.8 Å². The Bertz CT molecular complexity index is 1420. The van der Waals surface area contributed by atoms with Gasteiger partial charge in [-0.15, -0.1) is 5.10 Å². The van der Waals surface area contributed by atoms with Crippen LogP contribution in [0.15, 0.2) is 53.3 Å². The molecule has 2 atom stereocenters. The maximum atomic E-state index is 13.3. The number of ether oxygens (including phenoxy) is 1. The first-order valence-electron chi connectivity index (χ1n) is 13.7. The summed E-state index contributed by atoms with van der Waals surface area (Å²) in [7, 11) is 0. The second kappa shape index (κ2) is 11.6. The highest BCUT2D eigenvalue weighted by Crippen LogP contribution is 2.30. The normalized spacial score (nSPS) is 16.6. The number of benzene rings is 2. The van der Waals surface area contributed by atoms with Crippen LogP contribution in [0.5, 0.6) is 0 Å². The van der Waals surface area contributed by atoms with E-state index < -0.39 is 0 Å². The fourth-order valence-corrected chi connectivity index (χ4v) is 5.61. The van der Waals surface area contributed by atoms with E-state index in [2.05, 4.69) is 88.6 Å². The number of aromatic nitrogens is 5. The average Bonchev–Trinajstić information content (AvgIpc) is 3.59. The predicted molar refractivity (Wildman–Crippen MR) is 149 cm³/mol. The summed E-state index contributed by atoms with van der Waals surface area (Å²) in [6.07, 6.45) is 3.09. The second-order valence-corrected chi connectivity index (χ2v) is 10.9. The SMILES string of the molecule is Cc1ccc(C)c2[nH]c(=O)c(CN(CCc3ccccc3)[C@H](c3nnnn3C[C@@H]3CCCO3)C(C)C)cc12. The summed E-state index contributed by atoms with van der Waals surface area (Å²) in [6.45, 7) is 11.2. The first-order valence-corrected chi connectivity index (χ1v) is 13.7. The molecule has 1 aliphatic rings. The molecule has 1 aliphatic heterocycles. The molecular formula is C30H38N6O2. The summed E-state index contributed by atoms with van der Waals surface area (Å²) in [5.74, 6) is 1.05. The van der Waals surface area contributed by atoms with Gasteiger partial charge in [0.05, 0.1) is 24.2 Å². The third kappa shape index (κ3) is 5.71. The highest BCUT2D eigenvalue weighted by Gasteiger charge is 2.31. The van der Waals surface area contributed by atoms with Crippen molar-refractivity contribution in [2.24, 2.45) is 5.92 Å². The van der Waals surface area contributed by atoms with Crippen molar-refractivity contribution in [3.63, 3.8) is 0 Å². The zero-order valence-corrected chi connectivity index (χ0v) is 22.9. The summed E-state index contributed by atoms with van der Waals surface area (Å²) in [4.78, 5) is 18.9. The van der Waals surface area contributed by atoms with Crippen LogP contribution in [-0.2, 0) is 24.2 Å². The number of tetrazole rings is 1. The second-order valence-electron chi connectivity index (χ2n) is 10.9. The van der Waals surface area contributed by atoms with Gasteiger partial charge in [-0.05, 0) is 72.2 Å². The molecule has 0 amide bonds. The van der Waals surface area contributed by atoms with Gasteiger partial charge in [-0.2, -0.15) is 0 Å². The van der Waals surface area contributed by atoms with Crippen LogP contribution in [-0.4, -0.2) is 49.3 Å². The first kappa shape index (κ1) is 26.3. The van der Waals surface area contributed by atoms with Crippen LogP contribution < -0.4 is 5.56 Å². The van der Waals surface area contributed by atoms with Gasteiger partial charge in [0.2, 0.25) is 0 Å². The van der Waals surface area contributed by atoms with Crippen molar-refractivity contribution in [1.29, 1.82) is 0 Å². The maximum absolute atomic E-state index is 13.3. The fraction of sp³-hybridized carbons (Fsp3) is 0.467. The van der Waals surface area contributed by atoms with E-state index in [4.69, 9.17) is 4.74 Å². The van der Waals surface area contributed by atoms with Crippen molar-refractivity contribution in [2.45, 2.75) is 72.2 Å². The first-order chi connectivity index (χ1) is 18.4. The molecule has 8 nitrogen and oxygen atoms in total. The number of H-pyrrole nitrogens is 1. The van der Waals surface area contributed by atoms with E-state index in [1.165, 1.54) is 5.56 Å². The lowest BCUT2D eigenvalue weighted by Gasteiger charge is -2.33. The molecule has 1 saturated heterocycles. The van der Waals surface area contributed by atoms with E-state index in [1.807, 2.05) is 17.7 Å². The fourth-order valence-electron chi connectivity index (χ4n) is 5.61. The third-order valence-electron chi connectivity index (χ3n) is 7.67. The number of hydrogen-bond acceptors (Lipinski definition) is 6. The summed E-state index contributed by atoms with van der Waals surface area (Å²) in [5.41, 5.74) is 5.11. The lowest BCUT2D eigenvalue weighted by Crippen LogP contribution is -2.37. The summed E-state index contributed by atoms with van der Waals surface area (Å²) >= 11 is 0. The van der Waals surface area contributed by atoms with Crippen molar-refractivity contribution in [3.05, 3.63) is 87.0 Å². The molecule has 1 fully saturated rings. The Morgan fingerprint density at radius 3 is 2.66 bits per heavy atom. The minimum atomic E-state index is -0.0659. The molecule has 200 valence electrons. The predicted octanol–water partition coefficient (Wildman–Crippen LogP) is 4.75. The third-order valence-corrected chi connectivity index (χ3v) is 7.67. The molecule has 2 aromatic carbocycles. The average molecular weight is 515 g/mol. The van der Waals surface area contributed by atoms with Crippen LogP contribution in [0.4, 0.5) is 0 Å². The number of fused-ring (bicyclic) bond motifs is 1. The molecule has 8 heteroatoms. The Morgan fingerprint density at radius 1 is 1.13 bits per heavy atom. The summed E-state index contributed by atoms with van der Waals surface area (Å²) in [6, 6.07) is 16.7. The van der Waals surface area contributed by atoms with Gasteiger partial charge in [-0.25, -0.2) is 4.68 Å². The van der Waals surface area contributed by atoms with Crippen molar-refractivity contribution in [1.82, 2.24) is 30.1 Å². The van der Waals surface area contributed by atoms with Gasteiger partial charge >= 0.3 is 0 Å². The number of pyridine rings is 1. The van der Waals surface area contributed by atoms with Crippen LogP contribution in [0, 0.1) is 19.8 Å². The number of nitrogens with zero attached hydrogens (tertiary/aromatic N) is 5. The van der Waals surface area contributed by atoms with Crippen LogP contribution in [0.3, 0.4) is 0 Å². The largest absolute Gasteiger partial charge is 0.376 e. The van der Waals surface area contributed by atoms with Gasteiger partial charge in [0.15, 0.2) is 5.82 Å². The maximum Gasteiger partial charge on any atom is 0.252 e. The lowest BCUT2D eigenvalue weighted by molar-refractivity contribution is 0.0864. The Labute approximate surface area is 224 Å². The Balaban J connectivity index is 1.51. The zero-order valence-electron chi connectivity index (χ0n) is 22.9. The molecule has 1 N–H and O–H groups in total. The Kier molecular flexibility index (Phi) is 8.00. The van der Waals surface area contributed by atoms with Gasteiger partial charge in [0, 0.05) is 30.6 Å². The van der Waals surface area contributed by atoms with Crippen molar-refractivity contribution < 1.29 is 4.74 Å². The molecule has 0 spiro atoms. The summed E-state index contributed by atoms with van der Waals surface area (Å²) < 4.78 is 7.80. The van der Waals surface area contributed by atoms with Gasteiger partial charge < -0.3 is 9.72 Å². The molecule has 2 aromatic heterocycles. The minimum absolute atomic E-state index is 0.0441. The molecule has 0 bridgehead atoms. The quantitative estimate of drug-likeness (QED) is 0.328. The Hall–Kier alpha value is -3.36.